The molecule has 0 spiro atoms. The lowest BCUT2D eigenvalue weighted by Gasteiger charge is -2.03. The van der Waals surface area contributed by atoms with Crippen molar-refractivity contribution in [1.29, 1.82) is 0 Å². The highest BCUT2D eigenvalue weighted by Gasteiger charge is 2.10. The largest absolute Gasteiger partial charge is 0.383 e. The molecule has 0 fully saturated rings. The van der Waals surface area contributed by atoms with Crippen LogP contribution in [0.4, 0.5) is 0 Å². The van der Waals surface area contributed by atoms with Gasteiger partial charge in [0.05, 0.1) is 10.7 Å². The van der Waals surface area contributed by atoms with Crippen molar-refractivity contribution in [3.63, 3.8) is 0 Å². The summed E-state index contributed by atoms with van der Waals surface area (Å²) in [6.45, 7) is 0. The Morgan fingerprint density at radius 1 is 1.53 bits per heavy atom. The Kier molecular flexibility index (Phi) is 3.28. The molecule has 0 aliphatic carbocycles. The Balaban J connectivity index is 2.43. The second-order valence-electron chi connectivity index (χ2n) is 3.84. The maximum atomic E-state index is 11.9. The number of rotatable bonds is 3. The summed E-state index contributed by atoms with van der Waals surface area (Å²) >= 11 is 3.40. The number of pyridine rings is 1. The van der Waals surface area contributed by atoms with Crippen LogP contribution in [-0.2, 0) is 0 Å². The van der Waals surface area contributed by atoms with E-state index in [9.17, 15) is 4.79 Å². The van der Waals surface area contributed by atoms with Crippen LogP contribution in [0.25, 0.3) is 5.65 Å². The first kappa shape index (κ1) is 11.9. The summed E-state index contributed by atoms with van der Waals surface area (Å²) in [5.41, 5.74) is 1.30. The van der Waals surface area contributed by atoms with E-state index in [4.69, 9.17) is 0 Å². The SMILES string of the molecule is CN(C)/C=C/C(=O)c1cnc2c(Br)cccn12. The third kappa shape index (κ3) is 2.39. The van der Waals surface area contributed by atoms with Crippen LogP contribution in [0.5, 0.6) is 0 Å². The summed E-state index contributed by atoms with van der Waals surface area (Å²) in [4.78, 5) is 18.0. The topological polar surface area (TPSA) is 37.6 Å². The number of fused-ring (bicyclic) bond motifs is 1. The second kappa shape index (κ2) is 4.71. The van der Waals surface area contributed by atoms with Crippen LogP contribution in [0, 0.1) is 0 Å². The molecule has 0 amide bonds. The van der Waals surface area contributed by atoms with Gasteiger partial charge < -0.3 is 4.90 Å². The van der Waals surface area contributed by atoms with Gasteiger partial charge in [0.1, 0.15) is 5.69 Å². The molecule has 0 aliphatic heterocycles. The average Bonchev–Trinajstić information content (AvgIpc) is 2.71. The van der Waals surface area contributed by atoms with E-state index in [0.29, 0.717) is 5.69 Å². The van der Waals surface area contributed by atoms with Crippen LogP contribution >= 0.6 is 15.9 Å². The fraction of sp³-hybridized carbons (Fsp3) is 0.167. The van der Waals surface area contributed by atoms with E-state index in [1.54, 1.807) is 16.8 Å². The van der Waals surface area contributed by atoms with E-state index in [0.717, 1.165) is 10.1 Å². The molecule has 2 heterocycles. The van der Waals surface area contributed by atoms with E-state index in [1.807, 2.05) is 37.3 Å². The summed E-state index contributed by atoms with van der Waals surface area (Å²) in [5.74, 6) is -0.0655. The molecule has 2 rings (SSSR count). The summed E-state index contributed by atoms with van der Waals surface area (Å²) in [6, 6.07) is 3.76. The second-order valence-corrected chi connectivity index (χ2v) is 4.69. The number of nitrogens with zero attached hydrogens (tertiary/aromatic N) is 3. The Morgan fingerprint density at radius 3 is 3.00 bits per heavy atom. The molecule has 0 radical (unpaired) electrons. The number of halogens is 1. The van der Waals surface area contributed by atoms with Crippen molar-refractivity contribution in [2.75, 3.05) is 14.1 Å². The van der Waals surface area contributed by atoms with E-state index >= 15 is 0 Å². The van der Waals surface area contributed by atoms with E-state index in [1.165, 1.54) is 6.08 Å². The zero-order chi connectivity index (χ0) is 12.4. The smallest absolute Gasteiger partial charge is 0.205 e. The molecule has 0 unspecified atom stereocenters. The van der Waals surface area contributed by atoms with Gasteiger partial charge >= 0.3 is 0 Å². The van der Waals surface area contributed by atoms with Crippen molar-refractivity contribution < 1.29 is 4.79 Å². The Bertz CT molecular complexity index is 586. The van der Waals surface area contributed by atoms with Crippen molar-refractivity contribution in [2.24, 2.45) is 0 Å². The number of hydrogen-bond acceptors (Lipinski definition) is 3. The molecule has 0 saturated carbocycles. The third-order valence-electron chi connectivity index (χ3n) is 2.26. The number of carbonyl (C=O) groups is 1. The van der Waals surface area contributed by atoms with Gasteiger partial charge in [-0.05, 0) is 28.1 Å². The van der Waals surface area contributed by atoms with Gasteiger partial charge in [0.2, 0.25) is 5.78 Å². The lowest BCUT2D eigenvalue weighted by Crippen LogP contribution is -2.04. The first-order valence-electron chi connectivity index (χ1n) is 5.10. The van der Waals surface area contributed by atoms with E-state index < -0.39 is 0 Å². The zero-order valence-electron chi connectivity index (χ0n) is 9.59. The maximum Gasteiger partial charge on any atom is 0.205 e. The van der Waals surface area contributed by atoms with E-state index in [-0.39, 0.29) is 5.78 Å². The van der Waals surface area contributed by atoms with Crippen LogP contribution in [0.3, 0.4) is 0 Å². The van der Waals surface area contributed by atoms with Gasteiger partial charge in [-0.2, -0.15) is 0 Å². The summed E-state index contributed by atoms with van der Waals surface area (Å²) in [6.07, 6.45) is 6.66. The minimum atomic E-state index is -0.0655. The molecule has 4 nitrogen and oxygen atoms in total. The van der Waals surface area contributed by atoms with E-state index in [2.05, 4.69) is 20.9 Å². The van der Waals surface area contributed by atoms with Gasteiger partial charge in [0.25, 0.3) is 0 Å². The molecule has 0 saturated heterocycles. The minimum absolute atomic E-state index is 0.0655. The predicted octanol–water partition coefficient (Wildman–Crippen LogP) is 2.35. The molecule has 5 heteroatoms. The van der Waals surface area contributed by atoms with Crippen molar-refractivity contribution in [2.45, 2.75) is 0 Å². The number of imidazole rings is 1. The molecule has 0 bridgehead atoms. The van der Waals surface area contributed by atoms with Gasteiger partial charge in [0, 0.05) is 32.6 Å². The molecule has 88 valence electrons. The molecular formula is C12H12BrN3O. The standard InChI is InChI=1S/C12H12BrN3O/c1-15(2)7-5-11(17)10-8-14-12-9(13)4-3-6-16(10)12/h3-8H,1-2H3/b7-5+. The minimum Gasteiger partial charge on any atom is -0.383 e. The highest BCUT2D eigenvalue weighted by molar-refractivity contribution is 9.10. The van der Waals surface area contributed by atoms with Crippen LogP contribution in [0.15, 0.2) is 41.3 Å². The number of carbonyl (C=O) groups excluding carboxylic acids is 1. The average molecular weight is 294 g/mol. The molecule has 2 aromatic rings. The molecule has 0 atom stereocenters. The van der Waals surface area contributed by atoms with Crippen molar-refractivity contribution in [1.82, 2.24) is 14.3 Å². The molecule has 17 heavy (non-hydrogen) atoms. The Labute approximate surface area is 108 Å². The molecule has 0 N–H and O–H groups in total. The van der Waals surface area contributed by atoms with Gasteiger partial charge in [-0.1, -0.05) is 0 Å². The molecular weight excluding hydrogens is 282 g/mol. The summed E-state index contributed by atoms with van der Waals surface area (Å²) < 4.78 is 2.64. The summed E-state index contributed by atoms with van der Waals surface area (Å²) in [5, 5.41) is 0. The fourth-order valence-corrected chi connectivity index (χ4v) is 1.91. The predicted molar refractivity (Wildman–Crippen MR) is 70.0 cm³/mol. The molecule has 2 aromatic heterocycles. The Morgan fingerprint density at radius 2 is 2.29 bits per heavy atom. The lowest BCUT2D eigenvalue weighted by atomic mass is 10.3. The number of allylic oxidation sites excluding steroid dienone is 1. The number of aromatic nitrogens is 2. The normalized spacial score (nSPS) is 11.2. The highest BCUT2D eigenvalue weighted by Crippen LogP contribution is 2.17. The van der Waals surface area contributed by atoms with Crippen LogP contribution < -0.4 is 0 Å². The van der Waals surface area contributed by atoms with Gasteiger partial charge in [0.15, 0.2) is 5.65 Å². The maximum absolute atomic E-state index is 11.9. The Hall–Kier alpha value is -1.62. The van der Waals surface area contributed by atoms with Gasteiger partial charge in [-0.3, -0.25) is 9.20 Å². The van der Waals surface area contributed by atoms with Crippen LogP contribution in [-0.4, -0.2) is 34.2 Å². The zero-order valence-corrected chi connectivity index (χ0v) is 11.2. The third-order valence-corrected chi connectivity index (χ3v) is 2.88. The number of hydrogen-bond donors (Lipinski definition) is 0. The van der Waals surface area contributed by atoms with Crippen molar-refractivity contribution in [3.05, 3.63) is 47.0 Å². The molecule has 0 aliphatic rings. The first-order chi connectivity index (χ1) is 8.09. The monoisotopic (exact) mass is 293 g/mol. The lowest BCUT2D eigenvalue weighted by molar-refractivity contribution is 0.104. The van der Waals surface area contributed by atoms with Crippen LogP contribution in [0.1, 0.15) is 10.5 Å². The van der Waals surface area contributed by atoms with Gasteiger partial charge in [-0.15, -0.1) is 0 Å². The van der Waals surface area contributed by atoms with Crippen molar-refractivity contribution >= 4 is 27.4 Å². The van der Waals surface area contributed by atoms with Gasteiger partial charge in [-0.25, -0.2) is 4.98 Å². The first-order valence-corrected chi connectivity index (χ1v) is 5.89. The fourth-order valence-electron chi connectivity index (χ4n) is 1.46. The quantitative estimate of drug-likeness (QED) is 0.644. The van der Waals surface area contributed by atoms with Crippen molar-refractivity contribution in [3.8, 4) is 0 Å². The molecule has 0 aromatic carbocycles. The number of ketones is 1. The summed E-state index contributed by atoms with van der Waals surface area (Å²) in [7, 11) is 3.74. The highest BCUT2D eigenvalue weighted by atomic mass is 79.9. The van der Waals surface area contributed by atoms with Crippen LogP contribution in [0.2, 0.25) is 0 Å².